The molecule has 0 saturated heterocycles. The monoisotopic (exact) mass is 143 g/mol. The van der Waals surface area contributed by atoms with Crippen molar-refractivity contribution in [2.45, 2.75) is 20.8 Å². The number of hydrogen-bond acceptors (Lipinski definition) is 3. The summed E-state index contributed by atoms with van der Waals surface area (Å²) in [4.78, 5) is 0. The van der Waals surface area contributed by atoms with Crippen molar-refractivity contribution in [3.05, 3.63) is 11.9 Å². The molecule has 0 saturated carbocycles. The van der Waals surface area contributed by atoms with E-state index in [0.29, 0.717) is 5.82 Å². The summed E-state index contributed by atoms with van der Waals surface area (Å²) in [5.41, 5.74) is 8.57. The van der Waals surface area contributed by atoms with Gasteiger partial charge in [-0.3, -0.25) is 0 Å². The summed E-state index contributed by atoms with van der Waals surface area (Å²) in [7, 11) is 0. The third-order valence-corrected chi connectivity index (χ3v) is 1.36. The van der Waals surface area contributed by atoms with Gasteiger partial charge < -0.3 is 11.2 Å². The number of nitrogens with one attached hydrogen (secondary N) is 1. The van der Waals surface area contributed by atoms with Crippen LogP contribution in [0, 0.1) is 0 Å². The molecule has 0 heterocycles. The van der Waals surface area contributed by atoms with Gasteiger partial charge >= 0.3 is 0 Å². The Morgan fingerprint density at radius 3 is 2.30 bits per heavy atom. The number of nitrogens with two attached hydrogens (primary N) is 1. The molecule has 0 amide bonds. The molecular weight excluding hydrogens is 126 g/mol. The molecule has 0 spiro atoms. The lowest BCUT2D eigenvalue weighted by Crippen LogP contribution is -2.39. The Hall–Kier alpha value is -0.700. The molecule has 0 aromatic carbocycles. The van der Waals surface area contributed by atoms with Crippen molar-refractivity contribution in [3.63, 3.8) is 0 Å². The van der Waals surface area contributed by atoms with Crippen LogP contribution >= 0.6 is 0 Å². The molecule has 3 heteroatoms. The molecule has 0 fully saturated rings. The van der Waals surface area contributed by atoms with Gasteiger partial charge in [-0.2, -0.15) is 0 Å². The van der Waals surface area contributed by atoms with Crippen LogP contribution in [0.4, 0.5) is 0 Å². The van der Waals surface area contributed by atoms with Crippen LogP contribution in [-0.2, 0) is 0 Å². The van der Waals surface area contributed by atoms with E-state index in [2.05, 4.69) is 19.3 Å². The Morgan fingerprint density at radius 1 is 1.50 bits per heavy atom. The third-order valence-electron chi connectivity index (χ3n) is 1.36. The average Bonchev–Trinajstić information content (AvgIpc) is 1.99. The van der Waals surface area contributed by atoms with Crippen LogP contribution in [-0.4, -0.2) is 18.1 Å². The van der Waals surface area contributed by atoms with Gasteiger partial charge in [0.1, 0.15) is 5.82 Å². The Bertz CT molecular complexity index is 105. The fourth-order valence-corrected chi connectivity index (χ4v) is 0.629. The number of allylic oxidation sites excluding steroid dienone is 1. The van der Waals surface area contributed by atoms with Crippen molar-refractivity contribution in [1.29, 1.82) is 0 Å². The van der Waals surface area contributed by atoms with Gasteiger partial charge in [0.15, 0.2) is 0 Å². The molecule has 0 unspecified atom stereocenters. The summed E-state index contributed by atoms with van der Waals surface area (Å²) in [6.07, 6.45) is 1.85. The molecule has 0 rings (SSSR count). The van der Waals surface area contributed by atoms with Gasteiger partial charge in [0.05, 0.1) is 0 Å². The van der Waals surface area contributed by atoms with Crippen LogP contribution in [0.5, 0.6) is 0 Å². The van der Waals surface area contributed by atoms with E-state index < -0.39 is 0 Å². The maximum atomic E-state index is 5.53. The van der Waals surface area contributed by atoms with Gasteiger partial charge in [-0.05, 0) is 13.0 Å². The standard InChI is InChI=1S/C7H17N3/c1-4-7(8)9-10(5-2)6-3/h4,9H,5-6,8H2,1-3H3. The Labute approximate surface area is 62.9 Å². The molecule has 10 heavy (non-hydrogen) atoms. The lowest BCUT2D eigenvalue weighted by atomic mass is 10.6. The van der Waals surface area contributed by atoms with E-state index in [4.69, 9.17) is 5.73 Å². The van der Waals surface area contributed by atoms with Crippen LogP contribution in [0.3, 0.4) is 0 Å². The lowest BCUT2D eigenvalue weighted by molar-refractivity contribution is 0.235. The molecule has 0 aliphatic rings. The van der Waals surface area contributed by atoms with Crippen LogP contribution in [0.25, 0.3) is 0 Å². The van der Waals surface area contributed by atoms with Crippen LogP contribution < -0.4 is 11.2 Å². The zero-order valence-electron chi connectivity index (χ0n) is 7.02. The molecule has 0 radical (unpaired) electrons. The summed E-state index contributed by atoms with van der Waals surface area (Å²) in [5, 5.41) is 2.04. The number of hydrogen-bond donors (Lipinski definition) is 2. The number of nitrogens with zero attached hydrogens (tertiary/aromatic N) is 1. The summed E-state index contributed by atoms with van der Waals surface area (Å²) in [5.74, 6) is 0.712. The van der Waals surface area contributed by atoms with E-state index in [1.54, 1.807) is 0 Å². The van der Waals surface area contributed by atoms with Gasteiger partial charge in [-0.1, -0.05) is 13.8 Å². The second kappa shape index (κ2) is 5.11. The quantitative estimate of drug-likeness (QED) is 0.568. The molecule has 60 valence electrons. The van der Waals surface area contributed by atoms with E-state index in [0.717, 1.165) is 13.1 Å². The summed E-state index contributed by atoms with van der Waals surface area (Å²) < 4.78 is 0. The molecule has 0 aromatic heterocycles. The van der Waals surface area contributed by atoms with Crippen LogP contribution in [0.1, 0.15) is 20.8 Å². The third kappa shape index (κ3) is 3.35. The van der Waals surface area contributed by atoms with Gasteiger partial charge in [0, 0.05) is 13.1 Å². The lowest BCUT2D eigenvalue weighted by Gasteiger charge is -2.20. The second-order valence-electron chi connectivity index (χ2n) is 2.03. The highest BCUT2D eigenvalue weighted by Gasteiger charge is 1.95. The minimum absolute atomic E-state index is 0.712. The predicted octanol–water partition coefficient (Wildman–Crippen LogP) is 0.653. The maximum Gasteiger partial charge on any atom is 0.106 e. The molecule has 0 aliphatic carbocycles. The van der Waals surface area contributed by atoms with E-state index >= 15 is 0 Å². The predicted molar refractivity (Wildman–Crippen MR) is 44.0 cm³/mol. The first-order valence-corrected chi connectivity index (χ1v) is 3.67. The molecule has 0 atom stereocenters. The highest BCUT2D eigenvalue weighted by Crippen LogP contribution is 1.83. The van der Waals surface area contributed by atoms with Gasteiger partial charge in [-0.15, -0.1) is 0 Å². The first-order chi connectivity index (χ1) is 4.74. The van der Waals surface area contributed by atoms with Crippen molar-refractivity contribution >= 4 is 0 Å². The van der Waals surface area contributed by atoms with Crippen molar-refractivity contribution in [2.75, 3.05) is 13.1 Å². The summed E-state index contributed by atoms with van der Waals surface area (Å²) in [6, 6.07) is 0. The maximum absolute atomic E-state index is 5.53. The minimum atomic E-state index is 0.712. The van der Waals surface area contributed by atoms with Crippen molar-refractivity contribution in [2.24, 2.45) is 5.73 Å². The van der Waals surface area contributed by atoms with E-state index in [-0.39, 0.29) is 0 Å². The largest absolute Gasteiger partial charge is 0.385 e. The van der Waals surface area contributed by atoms with Gasteiger partial charge in [-0.25, -0.2) is 5.01 Å². The molecule has 0 bridgehead atoms. The van der Waals surface area contributed by atoms with Crippen molar-refractivity contribution < 1.29 is 0 Å². The van der Waals surface area contributed by atoms with Crippen LogP contribution in [0.15, 0.2) is 11.9 Å². The topological polar surface area (TPSA) is 41.3 Å². The highest BCUT2D eigenvalue weighted by molar-refractivity contribution is 4.88. The fourth-order valence-electron chi connectivity index (χ4n) is 0.629. The summed E-state index contributed by atoms with van der Waals surface area (Å²) >= 11 is 0. The van der Waals surface area contributed by atoms with Crippen molar-refractivity contribution in [1.82, 2.24) is 10.4 Å². The molecule has 3 N–H and O–H groups in total. The Balaban J connectivity index is 3.63. The second-order valence-corrected chi connectivity index (χ2v) is 2.03. The average molecular weight is 143 g/mol. The molecule has 3 nitrogen and oxygen atoms in total. The fraction of sp³-hybridized carbons (Fsp3) is 0.714. The van der Waals surface area contributed by atoms with E-state index in [9.17, 15) is 0 Å². The highest BCUT2D eigenvalue weighted by atomic mass is 15.5. The Morgan fingerprint density at radius 2 is 2.00 bits per heavy atom. The zero-order valence-corrected chi connectivity index (χ0v) is 7.02. The van der Waals surface area contributed by atoms with Gasteiger partial charge in [0.25, 0.3) is 0 Å². The molecule has 0 aliphatic heterocycles. The van der Waals surface area contributed by atoms with E-state index in [1.807, 2.05) is 18.0 Å². The number of hydrazine groups is 1. The normalized spacial score (nSPS) is 12.2. The first kappa shape index (κ1) is 9.30. The zero-order chi connectivity index (χ0) is 7.98. The first-order valence-electron chi connectivity index (χ1n) is 3.67. The minimum Gasteiger partial charge on any atom is -0.385 e. The number of rotatable bonds is 4. The summed E-state index contributed by atoms with van der Waals surface area (Å²) in [6.45, 7) is 8.00. The van der Waals surface area contributed by atoms with E-state index in [1.165, 1.54) is 0 Å². The van der Waals surface area contributed by atoms with Gasteiger partial charge in [0.2, 0.25) is 0 Å². The SMILES string of the molecule is CC=C(N)NN(CC)CC. The smallest absolute Gasteiger partial charge is 0.106 e. The molecule has 0 aromatic rings. The van der Waals surface area contributed by atoms with Crippen LogP contribution in [0.2, 0.25) is 0 Å². The molecular formula is C7H17N3. The van der Waals surface area contributed by atoms with Crippen molar-refractivity contribution in [3.8, 4) is 0 Å². The Kier molecular flexibility index (Phi) is 4.76.